The van der Waals surface area contributed by atoms with Crippen LogP contribution in [-0.2, 0) is 9.59 Å². The number of thioether (sulfide) groups is 1. The van der Waals surface area contributed by atoms with Gasteiger partial charge in [-0.05, 0) is 24.5 Å². The molecule has 126 valence electrons. The SMILES string of the molecule is O=Cc1ccc(/C=C2\SC(=S)N(CCCCCC(=O)O)C2=O)cc1. The van der Waals surface area contributed by atoms with Gasteiger partial charge in [-0.25, -0.2) is 0 Å². The third kappa shape index (κ3) is 5.01. The van der Waals surface area contributed by atoms with E-state index in [-0.39, 0.29) is 12.3 Å². The molecule has 1 amide bonds. The molecule has 0 spiro atoms. The fourth-order valence-corrected chi connectivity index (χ4v) is 3.55. The van der Waals surface area contributed by atoms with Crippen LogP contribution in [0.3, 0.4) is 0 Å². The first-order valence-electron chi connectivity index (χ1n) is 7.53. The standard InChI is InChI=1S/C17H17NO4S2/c19-11-13-7-5-12(6-8-13)10-14-16(22)18(17(23)24-14)9-3-1-2-4-15(20)21/h5-8,10-11H,1-4,9H2,(H,20,21)/b14-10-. The zero-order valence-corrected chi connectivity index (χ0v) is 14.6. The van der Waals surface area contributed by atoms with Crippen molar-refractivity contribution in [2.75, 3.05) is 6.54 Å². The van der Waals surface area contributed by atoms with Crippen molar-refractivity contribution in [3.05, 3.63) is 40.3 Å². The maximum absolute atomic E-state index is 12.4. The monoisotopic (exact) mass is 363 g/mol. The topological polar surface area (TPSA) is 74.7 Å². The molecule has 1 fully saturated rings. The fraction of sp³-hybridized carbons (Fsp3) is 0.294. The lowest BCUT2D eigenvalue weighted by Gasteiger charge is -2.13. The molecule has 24 heavy (non-hydrogen) atoms. The first-order valence-corrected chi connectivity index (χ1v) is 8.76. The number of hydrogen-bond acceptors (Lipinski definition) is 5. The lowest BCUT2D eigenvalue weighted by atomic mass is 10.1. The van der Waals surface area contributed by atoms with Crippen LogP contribution in [0.25, 0.3) is 6.08 Å². The van der Waals surface area contributed by atoms with Gasteiger partial charge in [-0.2, -0.15) is 0 Å². The van der Waals surface area contributed by atoms with E-state index in [0.717, 1.165) is 24.7 Å². The van der Waals surface area contributed by atoms with E-state index >= 15 is 0 Å². The number of aliphatic carboxylic acids is 1. The molecule has 1 aromatic rings. The number of unbranched alkanes of at least 4 members (excludes halogenated alkanes) is 2. The van der Waals surface area contributed by atoms with Crippen LogP contribution in [0.2, 0.25) is 0 Å². The van der Waals surface area contributed by atoms with Gasteiger partial charge in [0.15, 0.2) is 0 Å². The third-order valence-corrected chi connectivity index (χ3v) is 4.89. The quantitative estimate of drug-likeness (QED) is 0.330. The molecular weight excluding hydrogens is 346 g/mol. The summed E-state index contributed by atoms with van der Waals surface area (Å²) in [6.45, 7) is 0.506. The molecule has 5 nitrogen and oxygen atoms in total. The van der Waals surface area contributed by atoms with E-state index in [1.54, 1.807) is 35.2 Å². The molecule has 7 heteroatoms. The van der Waals surface area contributed by atoms with Gasteiger partial charge >= 0.3 is 5.97 Å². The van der Waals surface area contributed by atoms with Gasteiger partial charge in [-0.1, -0.05) is 54.7 Å². The van der Waals surface area contributed by atoms with E-state index < -0.39 is 5.97 Å². The number of aldehydes is 1. The summed E-state index contributed by atoms with van der Waals surface area (Å²) in [7, 11) is 0. The fourth-order valence-electron chi connectivity index (χ4n) is 2.24. The summed E-state index contributed by atoms with van der Waals surface area (Å²) in [4.78, 5) is 35.7. The Morgan fingerprint density at radius 3 is 2.46 bits per heavy atom. The van der Waals surface area contributed by atoms with Gasteiger partial charge in [0.25, 0.3) is 5.91 Å². The Balaban J connectivity index is 1.93. The molecule has 0 saturated carbocycles. The number of carboxylic acid groups (broad SMARTS) is 1. The molecule has 0 aromatic heterocycles. The third-order valence-electron chi connectivity index (χ3n) is 3.52. The summed E-state index contributed by atoms with van der Waals surface area (Å²) in [5.41, 5.74) is 1.42. The van der Waals surface area contributed by atoms with E-state index in [1.807, 2.05) is 0 Å². The maximum Gasteiger partial charge on any atom is 0.303 e. The van der Waals surface area contributed by atoms with Gasteiger partial charge in [0.1, 0.15) is 10.6 Å². The lowest BCUT2D eigenvalue weighted by Crippen LogP contribution is -2.29. The van der Waals surface area contributed by atoms with Gasteiger partial charge in [-0.3, -0.25) is 19.3 Å². The Labute approximate surface area is 149 Å². The summed E-state index contributed by atoms with van der Waals surface area (Å²) in [6, 6.07) is 6.95. The highest BCUT2D eigenvalue weighted by atomic mass is 32.2. The van der Waals surface area contributed by atoms with Crippen molar-refractivity contribution >= 4 is 52.5 Å². The molecule has 0 unspecified atom stereocenters. The van der Waals surface area contributed by atoms with Crippen molar-refractivity contribution < 1.29 is 19.5 Å². The molecule has 0 aliphatic carbocycles. The van der Waals surface area contributed by atoms with Crippen molar-refractivity contribution in [1.29, 1.82) is 0 Å². The molecule has 0 atom stereocenters. The predicted molar refractivity (Wildman–Crippen MR) is 97.8 cm³/mol. The van der Waals surface area contributed by atoms with Gasteiger partial charge < -0.3 is 5.11 Å². The van der Waals surface area contributed by atoms with Crippen LogP contribution in [-0.4, -0.2) is 39.0 Å². The number of carboxylic acids is 1. The second kappa shape index (κ2) is 8.75. The summed E-state index contributed by atoms with van der Waals surface area (Å²) in [6.07, 6.45) is 4.75. The van der Waals surface area contributed by atoms with Gasteiger partial charge in [-0.15, -0.1) is 0 Å². The number of carbonyl (C=O) groups excluding carboxylic acids is 2. The number of benzene rings is 1. The number of rotatable bonds is 8. The highest BCUT2D eigenvalue weighted by molar-refractivity contribution is 8.26. The van der Waals surface area contributed by atoms with Gasteiger partial charge in [0, 0.05) is 18.5 Å². The molecule has 0 bridgehead atoms. The van der Waals surface area contributed by atoms with Gasteiger partial charge in [0.05, 0.1) is 4.91 Å². The molecule has 2 rings (SSSR count). The maximum atomic E-state index is 12.4. The van der Waals surface area contributed by atoms with E-state index in [0.29, 0.717) is 27.8 Å². The Hall–Kier alpha value is -1.99. The number of carbonyl (C=O) groups is 3. The van der Waals surface area contributed by atoms with Crippen LogP contribution < -0.4 is 0 Å². The zero-order chi connectivity index (χ0) is 17.5. The number of nitrogens with zero attached hydrogens (tertiary/aromatic N) is 1. The highest BCUT2D eigenvalue weighted by Gasteiger charge is 2.31. The molecule has 1 aliphatic rings. The Morgan fingerprint density at radius 1 is 1.17 bits per heavy atom. The second-order valence-electron chi connectivity index (χ2n) is 5.32. The average Bonchev–Trinajstić information content (AvgIpc) is 2.82. The second-order valence-corrected chi connectivity index (χ2v) is 7.00. The number of thiocarbonyl (C=S) groups is 1. The van der Waals surface area contributed by atoms with Crippen molar-refractivity contribution in [3.8, 4) is 0 Å². The lowest BCUT2D eigenvalue weighted by molar-refractivity contribution is -0.137. The summed E-state index contributed by atoms with van der Waals surface area (Å²) in [5, 5.41) is 8.60. The average molecular weight is 363 g/mol. The minimum atomic E-state index is -0.802. The van der Waals surface area contributed by atoms with E-state index in [4.69, 9.17) is 17.3 Å². The van der Waals surface area contributed by atoms with E-state index in [1.165, 1.54) is 11.8 Å². The van der Waals surface area contributed by atoms with Crippen LogP contribution in [0.5, 0.6) is 0 Å². The molecule has 1 aliphatic heterocycles. The Bertz CT molecular complexity index is 682. The first-order chi connectivity index (χ1) is 11.5. The Morgan fingerprint density at radius 2 is 1.83 bits per heavy atom. The van der Waals surface area contributed by atoms with Crippen LogP contribution in [0, 0.1) is 0 Å². The first kappa shape index (κ1) is 18.4. The molecule has 1 aromatic carbocycles. The van der Waals surface area contributed by atoms with E-state index in [2.05, 4.69) is 0 Å². The molecule has 1 heterocycles. The smallest absolute Gasteiger partial charge is 0.303 e. The van der Waals surface area contributed by atoms with Crippen LogP contribution in [0.15, 0.2) is 29.2 Å². The zero-order valence-electron chi connectivity index (χ0n) is 12.9. The highest BCUT2D eigenvalue weighted by Crippen LogP contribution is 2.32. The molecule has 0 radical (unpaired) electrons. The van der Waals surface area contributed by atoms with Crippen molar-refractivity contribution in [2.24, 2.45) is 0 Å². The van der Waals surface area contributed by atoms with Crippen LogP contribution in [0.4, 0.5) is 0 Å². The van der Waals surface area contributed by atoms with Crippen molar-refractivity contribution in [1.82, 2.24) is 4.90 Å². The van der Waals surface area contributed by atoms with Crippen molar-refractivity contribution in [3.63, 3.8) is 0 Å². The van der Waals surface area contributed by atoms with E-state index in [9.17, 15) is 14.4 Å². The summed E-state index contributed by atoms with van der Waals surface area (Å²) >= 11 is 6.52. The van der Waals surface area contributed by atoms with Crippen LogP contribution >= 0.6 is 24.0 Å². The minimum absolute atomic E-state index is 0.123. The molecule has 1 saturated heterocycles. The minimum Gasteiger partial charge on any atom is -0.481 e. The van der Waals surface area contributed by atoms with Crippen LogP contribution in [0.1, 0.15) is 41.6 Å². The summed E-state index contributed by atoms with van der Waals surface area (Å²) in [5.74, 6) is -0.924. The number of hydrogen-bond donors (Lipinski definition) is 1. The summed E-state index contributed by atoms with van der Waals surface area (Å²) < 4.78 is 0.522. The largest absolute Gasteiger partial charge is 0.481 e. The van der Waals surface area contributed by atoms with Crippen molar-refractivity contribution in [2.45, 2.75) is 25.7 Å². The molecular formula is C17H17NO4S2. The molecule has 1 N–H and O–H groups in total. The predicted octanol–water partition coefficient (Wildman–Crippen LogP) is 3.35. The van der Waals surface area contributed by atoms with Gasteiger partial charge in [0.2, 0.25) is 0 Å². The number of amides is 1. The Kier molecular flexibility index (Phi) is 6.69. The normalized spacial score (nSPS) is 16.0.